The summed E-state index contributed by atoms with van der Waals surface area (Å²) in [6, 6.07) is 11.0. The lowest BCUT2D eigenvalue weighted by Crippen LogP contribution is -2.02. The number of hydrogen-bond acceptors (Lipinski definition) is 5. The van der Waals surface area contributed by atoms with Crippen LogP contribution in [0.1, 0.15) is 23.0 Å². The molecule has 1 aromatic carbocycles. The Morgan fingerprint density at radius 2 is 2.00 bits per heavy atom. The van der Waals surface area contributed by atoms with Gasteiger partial charge in [0.25, 0.3) is 0 Å². The molecule has 0 amide bonds. The first-order chi connectivity index (χ1) is 10.7. The number of methoxy groups -OCH3 is 1. The SMILES string of the molecule is CCOc1nc(OC)cc2nc(C(=O)c3ccccc3)cn12. The Balaban J connectivity index is 2.09. The standard InChI is InChI=1S/C16H15N3O3/c1-3-22-16-18-14(21-2)9-13-17-12(10-19(13)16)15(20)11-7-5-4-6-8-11/h4-10H,3H2,1-2H3. The molecular formula is C16H15N3O3. The predicted molar refractivity (Wildman–Crippen MR) is 80.6 cm³/mol. The quantitative estimate of drug-likeness (QED) is 0.676. The van der Waals surface area contributed by atoms with E-state index in [4.69, 9.17) is 9.47 Å². The fourth-order valence-corrected chi connectivity index (χ4v) is 2.12. The summed E-state index contributed by atoms with van der Waals surface area (Å²) in [5.41, 5.74) is 1.47. The van der Waals surface area contributed by atoms with Crippen LogP contribution in [0.5, 0.6) is 11.9 Å². The van der Waals surface area contributed by atoms with E-state index in [0.29, 0.717) is 35.4 Å². The van der Waals surface area contributed by atoms with Gasteiger partial charge in [0.2, 0.25) is 11.7 Å². The normalized spacial score (nSPS) is 10.6. The molecule has 112 valence electrons. The molecule has 0 spiro atoms. The Morgan fingerprint density at radius 3 is 2.68 bits per heavy atom. The summed E-state index contributed by atoms with van der Waals surface area (Å²) >= 11 is 0. The van der Waals surface area contributed by atoms with Crippen LogP contribution >= 0.6 is 0 Å². The van der Waals surface area contributed by atoms with Crippen molar-refractivity contribution < 1.29 is 14.3 Å². The smallest absolute Gasteiger partial charge is 0.305 e. The molecule has 6 heteroatoms. The van der Waals surface area contributed by atoms with E-state index in [9.17, 15) is 4.79 Å². The monoisotopic (exact) mass is 297 g/mol. The number of ether oxygens (including phenoxy) is 2. The van der Waals surface area contributed by atoms with Gasteiger partial charge in [-0.3, -0.25) is 9.20 Å². The molecule has 0 aliphatic rings. The molecule has 0 fully saturated rings. The number of aromatic nitrogens is 3. The minimum absolute atomic E-state index is 0.147. The van der Waals surface area contributed by atoms with E-state index >= 15 is 0 Å². The predicted octanol–water partition coefficient (Wildman–Crippen LogP) is 2.37. The number of imidazole rings is 1. The third-order valence-corrected chi connectivity index (χ3v) is 3.15. The van der Waals surface area contributed by atoms with E-state index in [1.165, 1.54) is 7.11 Å². The average molecular weight is 297 g/mol. The minimum Gasteiger partial charge on any atom is -0.481 e. The molecule has 0 saturated heterocycles. The zero-order valence-corrected chi connectivity index (χ0v) is 12.3. The number of ketones is 1. The van der Waals surface area contributed by atoms with Gasteiger partial charge in [-0.05, 0) is 6.92 Å². The van der Waals surface area contributed by atoms with Crippen molar-refractivity contribution in [3.05, 3.63) is 53.9 Å². The van der Waals surface area contributed by atoms with Crippen molar-refractivity contribution in [2.75, 3.05) is 13.7 Å². The van der Waals surface area contributed by atoms with Gasteiger partial charge in [0.1, 0.15) is 11.3 Å². The highest BCUT2D eigenvalue weighted by Crippen LogP contribution is 2.20. The van der Waals surface area contributed by atoms with Gasteiger partial charge in [0.15, 0.2) is 0 Å². The number of rotatable bonds is 5. The van der Waals surface area contributed by atoms with Crippen molar-refractivity contribution in [1.29, 1.82) is 0 Å². The molecule has 0 N–H and O–H groups in total. The Labute approximate surface area is 127 Å². The molecule has 0 atom stereocenters. The van der Waals surface area contributed by atoms with Crippen LogP contribution in [0.15, 0.2) is 42.6 Å². The molecule has 22 heavy (non-hydrogen) atoms. The van der Waals surface area contributed by atoms with Crippen molar-refractivity contribution in [2.24, 2.45) is 0 Å². The zero-order chi connectivity index (χ0) is 15.5. The lowest BCUT2D eigenvalue weighted by molar-refractivity contribution is 0.103. The molecule has 0 saturated carbocycles. The average Bonchev–Trinajstić information content (AvgIpc) is 2.99. The lowest BCUT2D eigenvalue weighted by Gasteiger charge is -2.06. The van der Waals surface area contributed by atoms with Crippen molar-refractivity contribution in [3.63, 3.8) is 0 Å². The second-order valence-corrected chi connectivity index (χ2v) is 4.56. The first kappa shape index (κ1) is 14.1. The van der Waals surface area contributed by atoms with Gasteiger partial charge in [-0.1, -0.05) is 30.3 Å². The zero-order valence-electron chi connectivity index (χ0n) is 12.3. The molecule has 6 nitrogen and oxygen atoms in total. The molecule has 2 aromatic heterocycles. The third-order valence-electron chi connectivity index (χ3n) is 3.15. The molecule has 3 rings (SSSR count). The van der Waals surface area contributed by atoms with Gasteiger partial charge in [-0.25, -0.2) is 4.98 Å². The van der Waals surface area contributed by atoms with Crippen LogP contribution in [0.4, 0.5) is 0 Å². The highest BCUT2D eigenvalue weighted by Gasteiger charge is 2.16. The minimum atomic E-state index is -0.147. The molecule has 0 unspecified atom stereocenters. The summed E-state index contributed by atoms with van der Waals surface area (Å²) in [6.45, 7) is 2.31. The molecule has 0 radical (unpaired) electrons. The van der Waals surface area contributed by atoms with Crippen LogP contribution in [-0.2, 0) is 0 Å². The van der Waals surface area contributed by atoms with Gasteiger partial charge in [0, 0.05) is 17.8 Å². The maximum atomic E-state index is 12.5. The lowest BCUT2D eigenvalue weighted by atomic mass is 10.1. The van der Waals surface area contributed by atoms with Crippen LogP contribution in [0, 0.1) is 0 Å². The van der Waals surface area contributed by atoms with Crippen LogP contribution in [-0.4, -0.2) is 33.9 Å². The maximum absolute atomic E-state index is 12.5. The van der Waals surface area contributed by atoms with E-state index in [1.54, 1.807) is 28.8 Å². The third kappa shape index (κ3) is 2.50. The van der Waals surface area contributed by atoms with E-state index in [2.05, 4.69) is 9.97 Å². The van der Waals surface area contributed by atoms with Gasteiger partial charge in [-0.15, -0.1) is 0 Å². The van der Waals surface area contributed by atoms with E-state index in [1.807, 2.05) is 25.1 Å². The van der Waals surface area contributed by atoms with Crippen LogP contribution in [0.25, 0.3) is 5.65 Å². The summed E-state index contributed by atoms with van der Waals surface area (Å²) in [6.07, 6.45) is 1.63. The Kier molecular flexibility index (Phi) is 3.74. The van der Waals surface area contributed by atoms with E-state index in [0.717, 1.165) is 0 Å². The number of carbonyl (C=O) groups is 1. The van der Waals surface area contributed by atoms with Gasteiger partial charge < -0.3 is 9.47 Å². The summed E-state index contributed by atoms with van der Waals surface area (Å²) in [4.78, 5) is 21.0. The van der Waals surface area contributed by atoms with Crippen LogP contribution in [0.3, 0.4) is 0 Å². The maximum Gasteiger partial charge on any atom is 0.305 e. The highest BCUT2D eigenvalue weighted by molar-refractivity contribution is 6.07. The van der Waals surface area contributed by atoms with E-state index in [-0.39, 0.29) is 5.78 Å². The molecule has 2 heterocycles. The molecule has 0 bridgehead atoms. The van der Waals surface area contributed by atoms with Gasteiger partial charge >= 0.3 is 6.01 Å². The molecule has 0 aliphatic heterocycles. The Bertz CT molecular complexity index is 812. The number of nitrogens with zero attached hydrogens (tertiary/aromatic N) is 3. The first-order valence-electron chi connectivity index (χ1n) is 6.89. The van der Waals surface area contributed by atoms with Crippen molar-refractivity contribution in [3.8, 4) is 11.9 Å². The molecule has 3 aromatic rings. The second kappa shape index (κ2) is 5.85. The number of fused-ring (bicyclic) bond motifs is 1. The summed E-state index contributed by atoms with van der Waals surface area (Å²) < 4.78 is 12.3. The number of carbonyl (C=O) groups excluding carboxylic acids is 1. The largest absolute Gasteiger partial charge is 0.481 e. The molecule has 0 aliphatic carbocycles. The first-order valence-corrected chi connectivity index (χ1v) is 6.89. The number of hydrogen-bond donors (Lipinski definition) is 0. The van der Waals surface area contributed by atoms with Crippen molar-refractivity contribution in [1.82, 2.24) is 14.4 Å². The summed E-state index contributed by atoms with van der Waals surface area (Å²) in [5.74, 6) is 0.242. The fourth-order valence-electron chi connectivity index (χ4n) is 2.12. The Hall–Kier alpha value is -2.89. The van der Waals surface area contributed by atoms with E-state index < -0.39 is 0 Å². The molecular weight excluding hydrogens is 282 g/mol. The topological polar surface area (TPSA) is 65.7 Å². The summed E-state index contributed by atoms with van der Waals surface area (Å²) in [7, 11) is 1.52. The fraction of sp³-hybridized carbons (Fsp3) is 0.188. The second-order valence-electron chi connectivity index (χ2n) is 4.56. The Morgan fingerprint density at radius 1 is 1.23 bits per heavy atom. The van der Waals surface area contributed by atoms with Crippen molar-refractivity contribution >= 4 is 11.4 Å². The van der Waals surface area contributed by atoms with Gasteiger partial charge in [-0.2, -0.15) is 4.98 Å². The van der Waals surface area contributed by atoms with Crippen LogP contribution in [0.2, 0.25) is 0 Å². The van der Waals surface area contributed by atoms with Crippen LogP contribution < -0.4 is 9.47 Å². The summed E-state index contributed by atoms with van der Waals surface area (Å²) in [5, 5.41) is 0. The number of benzene rings is 1. The van der Waals surface area contributed by atoms with Crippen molar-refractivity contribution in [2.45, 2.75) is 6.92 Å². The van der Waals surface area contributed by atoms with Gasteiger partial charge in [0.05, 0.1) is 13.7 Å². The highest BCUT2D eigenvalue weighted by atomic mass is 16.5.